The van der Waals surface area contributed by atoms with E-state index in [0.717, 1.165) is 34.0 Å². The summed E-state index contributed by atoms with van der Waals surface area (Å²) in [7, 11) is 2.06. The molecule has 1 N–H and O–H groups in total. The number of aromatic nitrogens is 2. The van der Waals surface area contributed by atoms with Gasteiger partial charge in [0.25, 0.3) is 5.91 Å². The molecule has 29 heavy (non-hydrogen) atoms. The van der Waals surface area contributed by atoms with Crippen molar-refractivity contribution in [1.82, 2.24) is 14.7 Å². The molecule has 4 rings (SSSR count). The molecule has 150 valence electrons. The predicted molar refractivity (Wildman–Crippen MR) is 112 cm³/mol. The van der Waals surface area contributed by atoms with Crippen LogP contribution in [0.25, 0.3) is 16.9 Å². The molecule has 1 amide bonds. The van der Waals surface area contributed by atoms with Crippen LogP contribution in [0, 0.1) is 0 Å². The van der Waals surface area contributed by atoms with Crippen LogP contribution >= 0.6 is 0 Å². The number of ether oxygens (including phenoxy) is 1. The normalized spacial score (nSPS) is 15.3. The number of likely N-dealkylation sites (N-methyl/N-ethyl adjacent to an activating group) is 1. The van der Waals surface area contributed by atoms with E-state index in [-0.39, 0.29) is 5.91 Å². The zero-order valence-corrected chi connectivity index (χ0v) is 16.8. The summed E-state index contributed by atoms with van der Waals surface area (Å²) in [5.41, 5.74) is 4.21. The SMILES string of the molecule is C[NH+](CC(=O)N1CCOCC1)Cc1cn(-c2ccccc2)nc1-c1ccccc1. The van der Waals surface area contributed by atoms with E-state index in [1.54, 1.807) is 0 Å². The van der Waals surface area contributed by atoms with Crippen molar-refractivity contribution in [3.05, 3.63) is 72.4 Å². The highest BCUT2D eigenvalue weighted by molar-refractivity contribution is 5.77. The Labute approximate surface area is 171 Å². The van der Waals surface area contributed by atoms with E-state index in [1.165, 1.54) is 0 Å². The maximum Gasteiger partial charge on any atom is 0.277 e. The Bertz CT molecular complexity index is 934. The third kappa shape index (κ3) is 4.72. The van der Waals surface area contributed by atoms with Gasteiger partial charge in [-0.15, -0.1) is 0 Å². The number of carbonyl (C=O) groups excluding carboxylic acids is 1. The van der Waals surface area contributed by atoms with Gasteiger partial charge in [0, 0.05) is 24.8 Å². The lowest BCUT2D eigenvalue weighted by Gasteiger charge is -2.27. The highest BCUT2D eigenvalue weighted by Gasteiger charge is 2.22. The number of carbonyl (C=O) groups is 1. The van der Waals surface area contributed by atoms with E-state index in [4.69, 9.17) is 9.84 Å². The van der Waals surface area contributed by atoms with Crippen molar-refractivity contribution in [2.24, 2.45) is 0 Å². The maximum atomic E-state index is 12.6. The summed E-state index contributed by atoms with van der Waals surface area (Å²) in [5.74, 6) is 0.183. The smallest absolute Gasteiger partial charge is 0.277 e. The molecule has 1 aliphatic rings. The molecule has 1 atom stereocenters. The van der Waals surface area contributed by atoms with Gasteiger partial charge in [-0.2, -0.15) is 5.10 Å². The van der Waals surface area contributed by atoms with Gasteiger partial charge in [-0.3, -0.25) is 4.79 Å². The van der Waals surface area contributed by atoms with Crippen LogP contribution in [0.4, 0.5) is 0 Å². The van der Waals surface area contributed by atoms with Crippen LogP contribution in [0.5, 0.6) is 0 Å². The number of nitrogens with one attached hydrogen (secondary N) is 1. The van der Waals surface area contributed by atoms with Gasteiger partial charge in [0.05, 0.1) is 31.5 Å². The average Bonchev–Trinajstić information content (AvgIpc) is 3.19. The van der Waals surface area contributed by atoms with E-state index >= 15 is 0 Å². The fraction of sp³-hybridized carbons (Fsp3) is 0.304. The zero-order valence-electron chi connectivity index (χ0n) is 16.8. The lowest BCUT2D eigenvalue weighted by Crippen LogP contribution is -3.09. The average molecular weight is 391 g/mol. The number of nitrogens with zero attached hydrogens (tertiary/aromatic N) is 3. The number of amides is 1. The van der Waals surface area contributed by atoms with Crippen LogP contribution in [-0.2, 0) is 16.1 Å². The van der Waals surface area contributed by atoms with Gasteiger partial charge in [0.2, 0.25) is 0 Å². The Morgan fingerprint density at radius 2 is 1.69 bits per heavy atom. The minimum absolute atomic E-state index is 0.183. The lowest BCUT2D eigenvalue weighted by molar-refractivity contribution is -0.885. The number of para-hydroxylation sites is 1. The second-order valence-corrected chi connectivity index (χ2v) is 7.45. The molecule has 1 aromatic heterocycles. The van der Waals surface area contributed by atoms with Crippen molar-refractivity contribution >= 4 is 5.91 Å². The molecule has 3 aromatic rings. The third-order valence-corrected chi connectivity index (χ3v) is 5.17. The monoisotopic (exact) mass is 391 g/mol. The van der Waals surface area contributed by atoms with Crippen LogP contribution in [0.15, 0.2) is 66.9 Å². The Kier molecular flexibility index (Phi) is 6.03. The second kappa shape index (κ2) is 9.03. The maximum absolute atomic E-state index is 12.6. The third-order valence-electron chi connectivity index (χ3n) is 5.17. The number of hydrogen-bond donors (Lipinski definition) is 1. The molecule has 1 fully saturated rings. The molecule has 0 aliphatic carbocycles. The first-order valence-corrected chi connectivity index (χ1v) is 10.1. The lowest BCUT2D eigenvalue weighted by atomic mass is 10.1. The molecule has 2 aromatic carbocycles. The molecule has 1 saturated heterocycles. The Balaban J connectivity index is 1.55. The van der Waals surface area contributed by atoms with Crippen molar-refractivity contribution in [2.45, 2.75) is 6.54 Å². The van der Waals surface area contributed by atoms with Gasteiger partial charge in [-0.1, -0.05) is 48.5 Å². The molecule has 1 aliphatic heterocycles. The number of quaternary nitrogens is 1. The summed E-state index contributed by atoms with van der Waals surface area (Å²) in [6.45, 7) is 3.83. The number of benzene rings is 2. The van der Waals surface area contributed by atoms with Crippen LogP contribution in [-0.4, -0.2) is 60.5 Å². The molecule has 0 spiro atoms. The molecule has 6 heteroatoms. The van der Waals surface area contributed by atoms with Crippen LogP contribution < -0.4 is 4.90 Å². The molecular formula is C23H27N4O2+. The zero-order chi connectivity index (χ0) is 20.1. The van der Waals surface area contributed by atoms with Crippen LogP contribution in [0.3, 0.4) is 0 Å². The van der Waals surface area contributed by atoms with Crippen molar-refractivity contribution < 1.29 is 14.4 Å². The first-order valence-electron chi connectivity index (χ1n) is 10.1. The largest absolute Gasteiger partial charge is 0.378 e. The van der Waals surface area contributed by atoms with Gasteiger partial charge < -0.3 is 14.5 Å². The first-order chi connectivity index (χ1) is 14.2. The number of rotatable bonds is 6. The number of morpholine rings is 1. The predicted octanol–water partition coefficient (Wildman–Crippen LogP) is 1.41. The molecule has 0 saturated carbocycles. The van der Waals surface area contributed by atoms with Gasteiger partial charge in [-0.25, -0.2) is 4.68 Å². The quantitative estimate of drug-likeness (QED) is 0.691. The van der Waals surface area contributed by atoms with E-state index in [9.17, 15) is 4.79 Å². The summed E-state index contributed by atoms with van der Waals surface area (Å²) in [6.07, 6.45) is 2.08. The topological polar surface area (TPSA) is 51.8 Å². The fourth-order valence-electron chi connectivity index (χ4n) is 3.66. The van der Waals surface area contributed by atoms with Crippen LogP contribution in [0.1, 0.15) is 5.56 Å². The molecule has 0 bridgehead atoms. The van der Waals surface area contributed by atoms with E-state index in [0.29, 0.717) is 32.8 Å². The molecule has 6 nitrogen and oxygen atoms in total. The van der Waals surface area contributed by atoms with E-state index in [2.05, 4.69) is 25.4 Å². The highest BCUT2D eigenvalue weighted by atomic mass is 16.5. The van der Waals surface area contributed by atoms with Gasteiger partial charge in [-0.05, 0) is 12.1 Å². The fourth-order valence-corrected chi connectivity index (χ4v) is 3.66. The minimum Gasteiger partial charge on any atom is -0.378 e. The Morgan fingerprint density at radius 1 is 1.03 bits per heavy atom. The van der Waals surface area contributed by atoms with Crippen LogP contribution in [0.2, 0.25) is 0 Å². The van der Waals surface area contributed by atoms with Crippen molar-refractivity contribution in [3.63, 3.8) is 0 Å². The summed E-state index contributed by atoms with van der Waals surface area (Å²) >= 11 is 0. The van der Waals surface area contributed by atoms with Gasteiger partial charge >= 0.3 is 0 Å². The number of hydrogen-bond acceptors (Lipinski definition) is 3. The van der Waals surface area contributed by atoms with Crippen molar-refractivity contribution in [3.8, 4) is 16.9 Å². The Morgan fingerprint density at radius 3 is 2.38 bits per heavy atom. The first kappa shape index (κ1) is 19.4. The second-order valence-electron chi connectivity index (χ2n) is 7.45. The molecule has 1 unspecified atom stereocenters. The van der Waals surface area contributed by atoms with E-state index in [1.807, 2.05) is 58.1 Å². The highest BCUT2D eigenvalue weighted by Crippen LogP contribution is 2.23. The van der Waals surface area contributed by atoms with Crippen molar-refractivity contribution in [1.29, 1.82) is 0 Å². The summed E-state index contributed by atoms with van der Waals surface area (Å²) in [4.78, 5) is 15.7. The van der Waals surface area contributed by atoms with Crippen molar-refractivity contribution in [2.75, 3.05) is 39.9 Å². The summed E-state index contributed by atoms with van der Waals surface area (Å²) in [6, 6.07) is 20.3. The van der Waals surface area contributed by atoms with Gasteiger partial charge in [0.1, 0.15) is 12.2 Å². The molecule has 0 radical (unpaired) electrons. The standard InChI is InChI=1S/C23H26N4O2/c1-25(18-22(28)26-12-14-29-15-13-26)16-20-17-27(21-10-6-3-7-11-21)24-23(20)19-8-4-2-5-9-19/h2-11,17H,12-16,18H2,1H3/p+1. The van der Waals surface area contributed by atoms with Gasteiger partial charge in [0.15, 0.2) is 6.54 Å². The summed E-state index contributed by atoms with van der Waals surface area (Å²) < 4.78 is 7.27. The van der Waals surface area contributed by atoms with E-state index < -0.39 is 0 Å². The summed E-state index contributed by atoms with van der Waals surface area (Å²) in [5, 5.41) is 4.86. The Hall–Kier alpha value is -2.96. The molecular weight excluding hydrogens is 364 g/mol. The minimum atomic E-state index is 0.183. The molecule has 2 heterocycles.